The van der Waals surface area contributed by atoms with Crippen LogP contribution in [0.2, 0.25) is 0 Å². The monoisotopic (exact) mass is 204 g/mol. The molecule has 4 heteroatoms. The minimum atomic E-state index is -3.34. The van der Waals surface area contributed by atoms with Crippen LogP contribution in [-0.4, -0.2) is 20.3 Å². The normalized spacial score (nSPS) is 33.9. The topological polar surface area (TPSA) is 43.4 Å². The van der Waals surface area contributed by atoms with Crippen LogP contribution in [0.3, 0.4) is 0 Å². The van der Waals surface area contributed by atoms with Crippen molar-refractivity contribution < 1.29 is 12.6 Å². The maximum absolute atomic E-state index is 11.0. The quantitative estimate of drug-likeness (QED) is 0.517. The average molecular weight is 204 g/mol. The Kier molecular flexibility index (Phi) is 2.82. The van der Waals surface area contributed by atoms with E-state index in [1.807, 2.05) is 26.0 Å². The lowest BCUT2D eigenvalue weighted by molar-refractivity contribution is 0.219. The highest BCUT2D eigenvalue weighted by Gasteiger charge is 2.54. The van der Waals surface area contributed by atoms with Gasteiger partial charge in [0.05, 0.1) is 6.26 Å². The molecule has 0 amide bonds. The third kappa shape index (κ3) is 2.54. The van der Waals surface area contributed by atoms with Crippen molar-refractivity contribution in [2.75, 3.05) is 6.26 Å². The Morgan fingerprint density at radius 1 is 1.62 bits per heavy atom. The lowest BCUT2D eigenvalue weighted by atomic mass is 10.2. The minimum Gasteiger partial charge on any atom is -0.259 e. The summed E-state index contributed by atoms with van der Waals surface area (Å²) < 4.78 is 27.0. The standard InChI is InChI=1S/C9H16O3S/c1-4-6-9(7-8(9)5-2)12-13(3,10)11/h4,6,8H,5,7H2,1-3H3/b6-4+/t8-,9+/m1/s1. The van der Waals surface area contributed by atoms with Gasteiger partial charge in [-0.25, -0.2) is 0 Å². The van der Waals surface area contributed by atoms with Gasteiger partial charge in [0.1, 0.15) is 5.60 Å². The first kappa shape index (κ1) is 10.7. The zero-order valence-corrected chi connectivity index (χ0v) is 9.10. The minimum absolute atomic E-state index is 0.360. The highest BCUT2D eigenvalue weighted by molar-refractivity contribution is 7.86. The van der Waals surface area contributed by atoms with Crippen LogP contribution in [0, 0.1) is 5.92 Å². The van der Waals surface area contributed by atoms with Crippen LogP contribution in [0.5, 0.6) is 0 Å². The molecule has 0 aliphatic heterocycles. The summed E-state index contributed by atoms with van der Waals surface area (Å²) in [5, 5.41) is 0. The molecule has 1 rings (SSSR count). The summed E-state index contributed by atoms with van der Waals surface area (Å²) in [5.41, 5.74) is -0.517. The van der Waals surface area contributed by atoms with Gasteiger partial charge in [-0.15, -0.1) is 0 Å². The Morgan fingerprint density at radius 2 is 2.23 bits per heavy atom. The van der Waals surface area contributed by atoms with Gasteiger partial charge in [-0.05, 0) is 19.3 Å². The number of allylic oxidation sites excluding steroid dienone is 1. The van der Waals surface area contributed by atoms with E-state index in [1.165, 1.54) is 0 Å². The smallest absolute Gasteiger partial charge is 0.259 e. The van der Waals surface area contributed by atoms with Crippen LogP contribution in [0.15, 0.2) is 12.2 Å². The van der Waals surface area contributed by atoms with Crippen molar-refractivity contribution in [3.05, 3.63) is 12.2 Å². The summed E-state index contributed by atoms with van der Waals surface area (Å²) in [7, 11) is -3.34. The van der Waals surface area contributed by atoms with Gasteiger partial charge in [-0.2, -0.15) is 8.42 Å². The van der Waals surface area contributed by atoms with Crippen LogP contribution < -0.4 is 0 Å². The lowest BCUT2D eigenvalue weighted by Crippen LogP contribution is -2.18. The fourth-order valence-electron chi connectivity index (χ4n) is 1.71. The molecule has 0 saturated heterocycles. The van der Waals surface area contributed by atoms with Crippen molar-refractivity contribution in [1.82, 2.24) is 0 Å². The molecule has 0 heterocycles. The molecule has 13 heavy (non-hydrogen) atoms. The maximum atomic E-state index is 11.0. The van der Waals surface area contributed by atoms with E-state index in [-0.39, 0.29) is 0 Å². The van der Waals surface area contributed by atoms with E-state index in [2.05, 4.69) is 0 Å². The maximum Gasteiger partial charge on any atom is 0.265 e. The molecule has 0 unspecified atom stereocenters. The van der Waals surface area contributed by atoms with Gasteiger partial charge >= 0.3 is 0 Å². The van der Waals surface area contributed by atoms with Crippen molar-refractivity contribution in [1.29, 1.82) is 0 Å². The first-order chi connectivity index (χ1) is 5.93. The third-order valence-corrected chi connectivity index (χ3v) is 2.96. The van der Waals surface area contributed by atoms with Gasteiger partial charge in [-0.1, -0.05) is 25.5 Å². The highest BCUT2D eigenvalue weighted by atomic mass is 32.2. The van der Waals surface area contributed by atoms with Crippen molar-refractivity contribution in [3.8, 4) is 0 Å². The predicted molar refractivity (Wildman–Crippen MR) is 51.9 cm³/mol. The molecule has 3 nitrogen and oxygen atoms in total. The van der Waals surface area contributed by atoms with E-state index in [0.717, 1.165) is 19.1 Å². The van der Waals surface area contributed by atoms with E-state index < -0.39 is 15.7 Å². The van der Waals surface area contributed by atoms with Gasteiger partial charge in [-0.3, -0.25) is 4.18 Å². The molecular formula is C9H16O3S. The van der Waals surface area contributed by atoms with Crippen molar-refractivity contribution in [3.63, 3.8) is 0 Å². The van der Waals surface area contributed by atoms with E-state index in [1.54, 1.807) is 0 Å². The average Bonchev–Trinajstić information content (AvgIpc) is 2.60. The molecular weight excluding hydrogens is 188 g/mol. The number of hydrogen-bond donors (Lipinski definition) is 0. The van der Waals surface area contributed by atoms with E-state index in [9.17, 15) is 8.42 Å². The Labute approximate surface area is 79.9 Å². The summed E-state index contributed by atoms with van der Waals surface area (Å²) in [6, 6.07) is 0. The molecule has 0 radical (unpaired) electrons. The molecule has 76 valence electrons. The highest BCUT2D eigenvalue weighted by Crippen LogP contribution is 2.50. The van der Waals surface area contributed by atoms with Gasteiger partial charge in [0.25, 0.3) is 10.1 Å². The Balaban J connectivity index is 2.73. The van der Waals surface area contributed by atoms with Gasteiger partial charge < -0.3 is 0 Å². The lowest BCUT2D eigenvalue weighted by Gasteiger charge is -2.11. The van der Waals surface area contributed by atoms with E-state index >= 15 is 0 Å². The van der Waals surface area contributed by atoms with Crippen LogP contribution in [-0.2, 0) is 14.3 Å². The van der Waals surface area contributed by atoms with Gasteiger partial charge in [0.15, 0.2) is 0 Å². The third-order valence-electron chi connectivity index (χ3n) is 2.34. The molecule has 1 saturated carbocycles. The van der Waals surface area contributed by atoms with E-state index in [4.69, 9.17) is 4.18 Å². The second kappa shape index (κ2) is 3.42. The Morgan fingerprint density at radius 3 is 2.54 bits per heavy atom. The molecule has 0 N–H and O–H groups in total. The molecule has 0 bridgehead atoms. The van der Waals surface area contributed by atoms with Crippen molar-refractivity contribution in [2.24, 2.45) is 5.92 Å². The summed E-state index contributed by atoms with van der Waals surface area (Å²) in [4.78, 5) is 0. The van der Waals surface area contributed by atoms with E-state index in [0.29, 0.717) is 5.92 Å². The Bertz CT molecular complexity index is 305. The first-order valence-electron chi connectivity index (χ1n) is 4.48. The van der Waals surface area contributed by atoms with Crippen LogP contribution in [0.4, 0.5) is 0 Å². The van der Waals surface area contributed by atoms with Crippen LogP contribution in [0.25, 0.3) is 0 Å². The van der Waals surface area contributed by atoms with Crippen LogP contribution >= 0.6 is 0 Å². The molecule has 0 spiro atoms. The molecule has 1 fully saturated rings. The van der Waals surface area contributed by atoms with Crippen molar-refractivity contribution in [2.45, 2.75) is 32.3 Å². The fourth-order valence-corrected chi connectivity index (χ4v) is 2.54. The molecule has 1 aliphatic carbocycles. The zero-order chi connectivity index (χ0) is 10.1. The summed E-state index contributed by atoms with van der Waals surface area (Å²) in [6.45, 7) is 3.92. The Hall–Kier alpha value is -0.350. The zero-order valence-electron chi connectivity index (χ0n) is 8.28. The fraction of sp³-hybridized carbons (Fsp3) is 0.778. The SMILES string of the molecule is C/C=C/[C@]1(OS(C)(=O)=O)C[C@H]1CC. The number of rotatable bonds is 4. The second-order valence-corrected chi connectivity index (χ2v) is 5.13. The summed E-state index contributed by atoms with van der Waals surface area (Å²) in [5.74, 6) is 0.360. The molecule has 2 atom stereocenters. The molecule has 0 aromatic heterocycles. The number of hydrogen-bond acceptors (Lipinski definition) is 3. The summed E-state index contributed by atoms with van der Waals surface area (Å²) in [6.07, 6.45) is 6.58. The molecule has 0 aromatic carbocycles. The first-order valence-corrected chi connectivity index (χ1v) is 6.29. The van der Waals surface area contributed by atoms with Crippen molar-refractivity contribution >= 4 is 10.1 Å². The second-order valence-electron chi connectivity index (χ2n) is 3.55. The predicted octanol–water partition coefficient (Wildman–Crippen LogP) is 1.71. The molecule has 1 aliphatic rings. The van der Waals surface area contributed by atoms with Crippen LogP contribution in [0.1, 0.15) is 26.7 Å². The molecule has 0 aromatic rings. The summed E-state index contributed by atoms with van der Waals surface area (Å²) >= 11 is 0. The largest absolute Gasteiger partial charge is 0.265 e. The van der Waals surface area contributed by atoms with Gasteiger partial charge in [0, 0.05) is 0 Å². The van der Waals surface area contributed by atoms with Gasteiger partial charge in [0.2, 0.25) is 0 Å².